The minimum absolute atomic E-state index is 0.422. The van der Waals surface area contributed by atoms with Gasteiger partial charge in [0.15, 0.2) is 18.1 Å². The van der Waals surface area contributed by atoms with Gasteiger partial charge in [0.1, 0.15) is 13.2 Å². The zero-order chi connectivity index (χ0) is 21.2. The number of urea groups is 1. The molecule has 1 aromatic rings. The Hall–Kier alpha value is -3.23. The van der Waals surface area contributed by atoms with Crippen LogP contribution in [-0.4, -0.2) is 51.4 Å². The van der Waals surface area contributed by atoms with Crippen LogP contribution in [0.1, 0.15) is 25.8 Å². The van der Waals surface area contributed by atoms with Crippen molar-refractivity contribution in [1.29, 1.82) is 0 Å². The number of hydrogen-bond acceptors (Lipinski definition) is 7. The Morgan fingerprint density at radius 1 is 1.21 bits per heavy atom. The Balaban J connectivity index is 1.81. The third-order valence-electron chi connectivity index (χ3n) is 3.87. The maximum Gasteiger partial charge on any atom is 0.331 e. The van der Waals surface area contributed by atoms with Gasteiger partial charge in [-0.1, -0.05) is 13.8 Å². The topological polar surface area (TPSA) is 112 Å². The zero-order valence-corrected chi connectivity index (χ0v) is 16.8. The third kappa shape index (κ3) is 7.36. The van der Waals surface area contributed by atoms with Crippen molar-refractivity contribution in [1.82, 2.24) is 10.6 Å². The number of carbonyl (C=O) groups is 3. The molecule has 9 heteroatoms. The van der Waals surface area contributed by atoms with Crippen LogP contribution in [0.4, 0.5) is 4.79 Å². The van der Waals surface area contributed by atoms with Crippen LogP contribution in [0.25, 0.3) is 6.08 Å². The number of amides is 3. The highest BCUT2D eigenvalue weighted by Gasteiger charge is 2.18. The maximum absolute atomic E-state index is 11.8. The highest BCUT2D eigenvalue weighted by Crippen LogP contribution is 2.40. The SMILES string of the molecule is COc1cc(/C=C/C(=O)OCC(=O)NC(=O)NCCC(C)C)cc2c1OCCO2. The van der Waals surface area contributed by atoms with Crippen LogP contribution in [0.5, 0.6) is 17.2 Å². The molecule has 0 radical (unpaired) electrons. The third-order valence-corrected chi connectivity index (χ3v) is 3.87. The van der Waals surface area contributed by atoms with Crippen molar-refractivity contribution in [2.75, 3.05) is 33.5 Å². The molecule has 2 N–H and O–H groups in total. The summed E-state index contributed by atoms with van der Waals surface area (Å²) in [5.41, 5.74) is 0.636. The first-order valence-electron chi connectivity index (χ1n) is 9.29. The second kappa shape index (κ2) is 10.9. The minimum atomic E-state index is -0.728. The summed E-state index contributed by atoms with van der Waals surface area (Å²) in [6.07, 6.45) is 3.46. The van der Waals surface area contributed by atoms with E-state index in [0.29, 0.717) is 48.5 Å². The lowest BCUT2D eigenvalue weighted by Gasteiger charge is -2.20. The quantitative estimate of drug-likeness (QED) is 0.501. The molecule has 0 spiro atoms. The number of esters is 1. The van der Waals surface area contributed by atoms with Gasteiger partial charge in [-0.05, 0) is 36.1 Å². The van der Waals surface area contributed by atoms with Crippen LogP contribution in [0.3, 0.4) is 0 Å². The van der Waals surface area contributed by atoms with Crippen LogP contribution in [0.15, 0.2) is 18.2 Å². The average Bonchev–Trinajstić information content (AvgIpc) is 2.69. The fraction of sp³-hybridized carbons (Fsp3) is 0.450. The van der Waals surface area contributed by atoms with E-state index >= 15 is 0 Å². The molecule has 0 aliphatic carbocycles. The van der Waals surface area contributed by atoms with Crippen LogP contribution in [0, 0.1) is 5.92 Å². The molecule has 9 nitrogen and oxygen atoms in total. The van der Waals surface area contributed by atoms with Crippen LogP contribution in [0.2, 0.25) is 0 Å². The predicted molar refractivity (Wildman–Crippen MR) is 105 cm³/mol. The second-order valence-electron chi connectivity index (χ2n) is 6.67. The van der Waals surface area contributed by atoms with E-state index in [-0.39, 0.29) is 0 Å². The van der Waals surface area contributed by atoms with Gasteiger partial charge in [-0.2, -0.15) is 0 Å². The Labute approximate surface area is 169 Å². The van der Waals surface area contributed by atoms with E-state index in [9.17, 15) is 14.4 Å². The van der Waals surface area contributed by atoms with Crippen LogP contribution < -0.4 is 24.8 Å². The largest absolute Gasteiger partial charge is 0.493 e. The van der Waals surface area contributed by atoms with Crippen molar-refractivity contribution >= 4 is 24.0 Å². The number of nitrogens with one attached hydrogen (secondary N) is 2. The standard InChI is InChI=1S/C20H26N2O7/c1-13(2)6-7-21-20(25)22-17(23)12-29-18(24)5-4-14-10-15(26-3)19-16(11-14)27-8-9-28-19/h4-5,10-11,13H,6-9,12H2,1-3H3,(H2,21,22,23,25)/b5-4+. The Morgan fingerprint density at radius 2 is 1.97 bits per heavy atom. The molecule has 0 saturated heterocycles. The van der Waals surface area contributed by atoms with E-state index in [1.165, 1.54) is 19.3 Å². The van der Waals surface area contributed by atoms with E-state index in [4.69, 9.17) is 18.9 Å². The zero-order valence-electron chi connectivity index (χ0n) is 16.8. The first-order chi connectivity index (χ1) is 13.9. The minimum Gasteiger partial charge on any atom is -0.493 e. The lowest BCUT2D eigenvalue weighted by atomic mass is 10.1. The normalized spacial score (nSPS) is 12.6. The summed E-state index contributed by atoms with van der Waals surface area (Å²) in [5.74, 6) is 0.517. The summed E-state index contributed by atoms with van der Waals surface area (Å²) in [7, 11) is 1.51. The number of benzene rings is 1. The monoisotopic (exact) mass is 406 g/mol. The summed E-state index contributed by atoms with van der Waals surface area (Å²) in [4.78, 5) is 35.0. The maximum atomic E-state index is 11.8. The van der Waals surface area contributed by atoms with Crippen molar-refractivity contribution in [2.45, 2.75) is 20.3 Å². The lowest BCUT2D eigenvalue weighted by Crippen LogP contribution is -2.41. The molecule has 0 fully saturated rings. The predicted octanol–water partition coefficient (Wildman–Crippen LogP) is 1.89. The molecular weight excluding hydrogens is 380 g/mol. The number of ether oxygens (including phenoxy) is 4. The molecule has 29 heavy (non-hydrogen) atoms. The molecular formula is C20H26N2O7. The Bertz CT molecular complexity index is 757. The molecule has 158 valence electrons. The first kappa shape index (κ1) is 22.1. The Kier molecular flexibility index (Phi) is 8.32. The second-order valence-corrected chi connectivity index (χ2v) is 6.67. The average molecular weight is 406 g/mol. The highest BCUT2D eigenvalue weighted by molar-refractivity contribution is 5.96. The number of methoxy groups -OCH3 is 1. The van der Waals surface area contributed by atoms with Crippen molar-refractivity contribution in [3.8, 4) is 17.2 Å². The van der Waals surface area contributed by atoms with Crippen molar-refractivity contribution in [3.63, 3.8) is 0 Å². The molecule has 1 aliphatic heterocycles. The number of hydrogen-bond donors (Lipinski definition) is 2. The fourth-order valence-electron chi connectivity index (χ4n) is 2.42. The number of rotatable bonds is 8. The van der Waals surface area contributed by atoms with Crippen molar-refractivity contribution in [3.05, 3.63) is 23.8 Å². The summed E-state index contributed by atoms with van der Waals surface area (Å²) in [6, 6.07) is 2.77. The first-order valence-corrected chi connectivity index (χ1v) is 9.29. The highest BCUT2D eigenvalue weighted by atomic mass is 16.6. The summed E-state index contributed by atoms with van der Waals surface area (Å²) < 4.78 is 21.1. The molecule has 3 amide bonds. The molecule has 0 saturated carbocycles. The molecule has 2 rings (SSSR count). The van der Waals surface area contributed by atoms with E-state index in [1.807, 2.05) is 13.8 Å². The van der Waals surface area contributed by atoms with E-state index in [1.54, 1.807) is 12.1 Å². The molecule has 0 unspecified atom stereocenters. The van der Waals surface area contributed by atoms with E-state index in [0.717, 1.165) is 6.42 Å². The molecule has 1 heterocycles. The summed E-state index contributed by atoms with van der Waals surface area (Å²) in [5, 5.41) is 4.65. The van der Waals surface area contributed by atoms with Crippen LogP contribution in [-0.2, 0) is 14.3 Å². The summed E-state index contributed by atoms with van der Waals surface area (Å²) >= 11 is 0. The summed E-state index contributed by atoms with van der Waals surface area (Å²) in [6.45, 7) is 4.80. The lowest BCUT2D eigenvalue weighted by molar-refractivity contribution is -0.143. The van der Waals surface area contributed by atoms with Crippen LogP contribution >= 0.6 is 0 Å². The van der Waals surface area contributed by atoms with Gasteiger partial charge in [0, 0.05) is 12.6 Å². The van der Waals surface area contributed by atoms with Crippen molar-refractivity contribution < 1.29 is 33.3 Å². The van der Waals surface area contributed by atoms with E-state index in [2.05, 4.69) is 10.6 Å². The smallest absolute Gasteiger partial charge is 0.331 e. The number of fused-ring (bicyclic) bond motifs is 1. The van der Waals surface area contributed by atoms with Crippen molar-refractivity contribution in [2.24, 2.45) is 5.92 Å². The fourth-order valence-corrected chi connectivity index (χ4v) is 2.42. The van der Waals surface area contributed by atoms with Gasteiger partial charge in [-0.15, -0.1) is 0 Å². The Morgan fingerprint density at radius 3 is 2.69 bits per heavy atom. The molecule has 0 bridgehead atoms. The van der Waals surface area contributed by atoms with Gasteiger partial charge >= 0.3 is 12.0 Å². The molecule has 1 aromatic carbocycles. The van der Waals surface area contributed by atoms with Gasteiger partial charge in [0.25, 0.3) is 5.91 Å². The van der Waals surface area contributed by atoms with Gasteiger partial charge in [-0.3, -0.25) is 10.1 Å². The number of imide groups is 1. The van der Waals surface area contributed by atoms with Gasteiger partial charge < -0.3 is 24.3 Å². The van der Waals surface area contributed by atoms with Gasteiger partial charge in [0.05, 0.1) is 7.11 Å². The van der Waals surface area contributed by atoms with Gasteiger partial charge in [0.2, 0.25) is 5.75 Å². The van der Waals surface area contributed by atoms with Gasteiger partial charge in [-0.25, -0.2) is 9.59 Å². The molecule has 1 aliphatic rings. The molecule has 0 aromatic heterocycles. The van der Waals surface area contributed by atoms with E-state index < -0.39 is 24.5 Å². The number of carbonyl (C=O) groups excluding carboxylic acids is 3. The molecule has 0 atom stereocenters.